The Kier molecular flexibility index (Phi) is 7.12. The van der Waals surface area contributed by atoms with Crippen molar-refractivity contribution >= 4 is 45.2 Å². The lowest BCUT2D eigenvalue weighted by molar-refractivity contribution is -0.136. The lowest BCUT2D eigenvalue weighted by Crippen LogP contribution is -2.00. The number of carbonyl (C=O) groups is 2. The van der Waals surface area contributed by atoms with Crippen molar-refractivity contribution in [1.29, 1.82) is 0 Å². The van der Waals surface area contributed by atoms with Crippen LogP contribution in [0.1, 0.15) is 109 Å². The van der Waals surface area contributed by atoms with Crippen molar-refractivity contribution in [3.8, 4) is 0 Å². The fourth-order valence-electron chi connectivity index (χ4n) is 6.23. The number of nitrogens with zero attached hydrogens (tertiary/aromatic N) is 2. The second-order valence-corrected chi connectivity index (χ2v) is 10.9. The molecule has 0 saturated carbocycles. The molecule has 0 aromatic carbocycles. The molecule has 0 amide bonds. The molecular formula is C32H36N4O4. The van der Waals surface area contributed by atoms with Gasteiger partial charge in [0.15, 0.2) is 0 Å². The highest BCUT2D eigenvalue weighted by Crippen LogP contribution is 2.40. The maximum absolute atomic E-state index is 12.4. The highest BCUT2D eigenvalue weighted by molar-refractivity contribution is 6.01. The van der Waals surface area contributed by atoms with Crippen molar-refractivity contribution in [2.45, 2.75) is 79.1 Å². The number of aromatic nitrogens is 4. The highest BCUT2D eigenvalue weighted by Gasteiger charge is 2.28. The first-order valence-electron chi connectivity index (χ1n) is 13.9. The van der Waals surface area contributed by atoms with Crippen LogP contribution in [0.25, 0.3) is 33.2 Å². The number of aromatic amines is 2. The van der Waals surface area contributed by atoms with Crippen molar-refractivity contribution in [2.75, 3.05) is 0 Å². The molecule has 5 rings (SSSR count). The third-order valence-corrected chi connectivity index (χ3v) is 8.61. The molecule has 0 spiro atoms. The molecule has 2 aliphatic rings. The molecule has 2 aliphatic heterocycles. The van der Waals surface area contributed by atoms with Gasteiger partial charge < -0.3 is 20.2 Å². The summed E-state index contributed by atoms with van der Waals surface area (Å²) in [5, 5.41) is 19.6. The van der Waals surface area contributed by atoms with Gasteiger partial charge >= 0.3 is 11.9 Å². The molecular weight excluding hydrogens is 504 g/mol. The Labute approximate surface area is 233 Å². The van der Waals surface area contributed by atoms with Gasteiger partial charge in [-0.15, -0.1) is 0 Å². The minimum atomic E-state index is -1.03. The number of carboxylic acids is 2. The summed E-state index contributed by atoms with van der Waals surface area (Å²) in [5.41, 5.74) is 11.2. The van der Waals surface area contributed by atoms with Gasteiger partial charge in [0, 0.05) is 46.2 Å². The number of hydrogen-bond acceptors (Lipinski definition) is 4. The SMILES string of the molecule is CCC1=C(C)c2cc3nc(cc4[nH]c(cc5[nH]c(cc1n2)c(C)c5C(=O)O)c(CCC(=O)O)c4C)C(C)C3CC. The number of allylic oxidation sites excluding steroid dienone is 2. The van der Waals surface area contributed by atoms with Crippen LogP contribution in [0.2, 0.25) is 0 Å². The maximum atomic E-state index is 12.4. The molecule has 0 aliphatic carbocycles. The zero-order valence-corrected chi connectivity index (χ0v) is 23.9. The largest absolute Gasteiger partial charge is 0.481 e. The first-order valence-corrected chi connectivity index (χ1v) is 13.9. The third-order valence-electron chi connectivity index (χ3n) is 8.61. The number of aryl methyl sites for hydroxylation is 3. The van der Waals surface area contributed by atoms with E-state index in [0.717, 1.165) is 63.4 Å². The van der Waals surface area contributed by atoms with E-state index in [1.165, 1.54) is 0 Å². The van der Waals surface area contributed by atoms with Crippen molar-refractivity contribution < 1.29 is 19.8 Å². The Hall–Kier alpha value is -4.20. The standard InChI is InChI=1S/C32H36N4O4/c1-7-19-15(3)22-11-23-17(5)21(9-10-30(37)38)28(35-23)14-29-31(32(39)40)18(6)25(36-29)13-27-20(8-2)16(4)24(34-27)12-26(19)33-22/h11-15,19,35-36H,7-10H2,1-6H3,(H,37,38)(H,39,40). The molecule has 5 heterocycles. The molecule has 2 atom stereocenters. The monoisotopic (exact) mass is 540 g/mol. The summed E-state index contributed by atoms with van der Waals surface area (Å²) < 4.78 is 0. The van der Waals surface area contributed by atoms with Crippen molar-refractivity contribution in [1.82, 2.24) is 19.9 Å². The summed E-state index contributed by atoms with van der Waals surface area (Å²) in [4.78, 5) is 40.8. The number of aliphatic carboxylic acids is 1. The van der Waals surface area contributed by atoms with E-state index in [2.05, 4.69) is 49.8 Å². The molecule has 0 saturated heterocycles. The number of aromatic carboxylic acids is 1. The summed E-state index contributed by atoms with van der Waals surface area (Å²) in [5.74, 6) is -1.46. The molecule has 4 N–H and O–H groups in total. The quantitative estimate of drug-likeness (QED) is 0.260. The summed E-state index contributed by atoms with van der Waals surface area (Å²) in [6.07, 6.45) is 2.04. The predicted octanol–water partition coefficient (Wildman–Crippen LogP) is 7.29. The summed E-state index contributed by atoms with van der Waals surface area (Å²) in [6.45, 7) is 12.3. The summed E-state index contributed by atoms with van der Waals surface area (Å²) in [6, 6.07) is 7.89. The van der Waals surface area contributed by atoms with Gasteiger partial charge in [-0.3, -0.25) is 9.78 Å². The summed E-state index contributed by atoms with van der Waals surface area (Å²) in [7, 11) is 0. The van der Waals surface area contributed by atoms with Gasteiger partial charge in [0.25, 0.3) is 0 Å². The van der Waals surface area contributed by atoms with Gasteiger partial charge in [-0.25, -0.2) is 9.78 Å². The van der Waals surface area contributed by atoms with E-state index in [9.17, 15) is 19.8 Å². The van der Waals surface area contributed by atoms with Gasteiger partial charge in [-0.1, -0.05) is 20.8 Å². The number of H-pyrrole nitrogens is 2. The maximum Gasteiger partial charge on any atom is 0.338 e. The van der Waals surface area contributed by atoms with Crippen LogP contribution in [0.5, 0.6) is 0 Å². The Balaban J connectivity index is 1.96. The topological polar surface area (TPSA) is 132 Å². The Morgan fingerprint density at radius 1 is 0.850 bits per heavy atom. The van der Waals surface area contributed by atoms with Crippen molar-refractivity contribution in [2.24, 2.45) is 0 Å². The number of carboxylic acid groups (broad SMARTS) is 2. The fourth-order valence-corrected chi connectivity index (χ4v) is 6.23. The smallest absolute Gasteiger partial charge is 0.338 e. The number of fused-ring (bicyclic) bond motifs is 8. The second kappa shape index (κ2) is 10.4. The molecule has 8 bridgehead atoms. The predicted molar refractivity (Wildman–Crippen MR) is 158 cm³/mol. The van der Waals surface area contributed by atoms with Gasteiger partial charge in [0.05, 0.1) is 22.5 Å². The molecule has 208 valence electrons. The van der Waals surface area contributed by atoms with Crippen LogP contribution in [0.4, 0.5) is 0 Å². The lowest BCUT2D eigenvalue weighted by atomic mass is 9.89. The molecule has 2 unspecified atom stereocenters. The third kappa shape index (κ3) is 4.61. The zero-order chi connectivity index (χ0) is 28.9. The van der Waals surface area contributed by atoms with Gasteiger partial charge in [0.1, 0.15) is 0 Å². The van der Waals surface area contributed by atoms with Crippen LogP contribution in [0, 0.1) is 13.8 Å². The number of rotatable bonds is 6. The van der Waals surface area contributed by atoms with Gasteiger partial charge in [-0.05, 0) is 92.1 Å². The fraction of sp³-hybridized carbons (Fsp3) is 0.375. The van der Waals surface area contributed by atoms with E-state index < -0.39 is 11.9 Å². The average molecular weight is 541 g/mol. The van der Waals surface area contributed by atoms with E-state index in [1.807, 2.05) is 13.0 Å². The molecule has 8 heteroatoms. The van der Waals surface area contributed by atoms with Crippen LogP contribution >= 0.6 is 0 Å². The van der Waals surface area contributed by atoms with E-state index in [1.54, 1.807) is 13.0 Å². The van der Waals surface area contributed by atoms with Crippen LogP contribution in [-0.2, 0) is 11.2 Å². The normalized spacial score (nSPS) is 16.9. The lowest BCUT2D eigenvalue weighted by Gasteiger charge is -2.13. The van der Waals surface area contributed by atoms with Gasteiger partial charge in [-0.2, -0.15) is 0 Å². The molecule has 0 fully saturated rings. The van der Waals surface area contributed by atoms with E-state index in [0.29, 0.717) is 28.5 Å². The van der Waals surface area contributed by atoms with E-state index in [4.69, 9.17) is 9.97 Å². The minimum absolute atomic E-state index is 0.0282. The summed E-state index contributed by atoms with van der Waals surface area (Å²) >= 11 is 0. The second-order valence-electron chi connectivity index (χ2n) is 10.9. The van der Waals surface area contributed by atoms with Gasteiger partial charge in [0.2, 0.25) is 0 Å². The molecule has 0 radical (unpaired) electrons. The first kappa shape index (κ1) is 27.4. The number of hydrogen-bond donors (Lipinski definition) is 4. The average Bonchev–Trinajstić information content (AvgIpc) is 3.55. The Bertz CT molecular complexity index is 1740. The van der Waals surface area contributed by atoms with Crippen LogP contribution in [0.15, 0.2) is 24.3 Å². The molecule has 40 heavy (non-hydrogen) atoms. The Morgan fingerprint density at radius 2 is 1.55 bits per heavy atom. The molecule has 3 aromatic rings. The highest BCUT2D eigenvalue weighted by atomic mass is 16.4. The van der Waals surface area contributed by atoms with E-state index >= 15 is 0 Å². The zero-order valence-electron chi connectivity index (χ0n) is 23.9. The van der Waals surface area contributed by atoms with E-state index in [-0.39, 0.29) is 23.8 Å². The first-order chi connectivity index (χ1) is 19.0. The number of nitrogens with one attached hydrogen (secondary N) is 2. The molecule has 8 nitrogen and oxygen atoms in total. The minimum Gasteiger partial charge on any atom is -0.481 e. The van der Waals surface area contributed by atoms with Crippen molar-refractivity contribution in [3.63, 3.8) is 0 Å². The van der Waals surface area contributed by atoms with Crippen molar-refractivity contribution in [3.05, 3.63) is 69.3 Å². The van der Waals surface area contributed by atoms with Crippen LogP contribution in [-0.4, -0.2) is 42.1 Å². The molecule has 3 aromatic heterocycles. The van der Waals surface area contributed by atoms with Crippen LogP contribution < -0.4 is 0 Å². The Morgan fingerprint density at radius 3 is 2.20 bits per heavy atom. The van der Waals surface area contributed by atoms with Crippen LogP contribution in [0.3, 0.4) is 0 Å².